The van der Waals surface area contributed by atoms with E-state index in [-0.39, 0.29) is 12.5 Å². The van der Waals surface area contributed by atoms with E-state index in [1.807, 2.05) is 39.0 Å². The molecule has 10 heteroatoms. The molecule has 0 unspecified atom stereocenters. The number of rotatable bonds is 11. The fraction of sp³-hybridized carbons (Fsp3) is 0.241. The van der Waals surface area contributed by atoms with Gasteiger partial charge < -0.3 is 24.8 Å². The molecule has 0 fully saturated rings. The average molecular weight is 533 g/mol. The largest absolute Gasteiger partial charge is 0.494 e. The summed E-state index contributed by atoms with van der Waals surface area (Å²) in [5.74, 6) is -0.696. The first-order valence-corrected chi connectivity index (χ1v) is 12.3. The van der Waals surface area contributed by atoms with Gasteiger partial charge in [-0.25, -0.2) is 5.43 Å². The molecule has 39 heavy (non-hydrogen) atoms. The third kappa shape index (κ3) is 8.60. The standard InChI is InChI=1S/C29H32N4O6/c1-5-15-38-23-12-10-22(11-13-23)31-28(35)29(36)33-30-17-21-9-14-25(26(16-21)37-4)39-18-27(34)32-24-8-6-7-19(2)20(24)3/h6-14,16-17H,5,15,18H2,1-4H3,(H,31,35)(H,32,34)(H,33,36)/b30-17-. The summed E-state index contributed by atoms with van der Waals surface area (Å²) in [5, 5.41) is 9.16. The first-order chi connectivity index (χ1) is 18.8. The molecule has 0 aliphatic heterocycles. The van der Waals surface area contributed by atoms with E-state index < -0.39 is 11.8 Å². The fourth-order valence-corrected chi connectivity index (χ4v) is 3.36. The molecule has 3 amide bonds. The Morgan fingerprint density at radius 1 is 0.897 bits per heavy atom. The summed E-state index contributed by atoms with van der Waals surface area (Å²) in [6, 6.07) is 17.3. The number of carbonyl (C=O) groups is 3. The number of methoxy groups -OCH3 is 1. The van der Waals surface area contributed by atoms with Crippen LogP contribution >= 0.6 is 0 Å². The van der Waals surface area contributed by atoms with Gasteiger partial charge in [-0.15, -0.1) is 0 Å². The molecular weight excluding hydrogens is 500 g/mol. The molecule has 3 rings (SSSR count). The van der Waals surface area contributed by atoms with Crippen molar-refractivity contribution in [3.8, 4) is 17.2 Å². The molecule has 0 saturated heterocycles. The summed E-state index contributed by atoms with van der Waals surface area (Å²) < 4.78 is 16.5. The molecule has 0 radical (unpaired) electrons. The topological polar surface area (TPSA) is 127 Å². The Kier molecular flexibility index (Phi) is 10.4. The molecular formula is C29H32N4O6. The fourth-order valence-electron chi connectivity index (χ4n) is 3.36. The van der Waals surface area contributed by atoms with Crippen molar-refractivity contribution in [2.75, 3.05) is 31.0 Å². The summed E-state index contributed by atoms with van der Waals surface area (Å²) >= 11 is 0. The zero-order valence-corrected chi connectivity index (χ0v) is 22.4. The predicted octanol–water partition coefficient (Wildman–Crippen LogP) is 4.21. The number of hydrogen-bond donors (Lipinski definition) is 3. The van der Waals surface area contributed by atoms with E-state index in [1.54, 1.807) is 42.5 Å². The average Bonchev–Trinajstić information content (AvgIpc) is 2.94. The number of aryl methyl sites for hydroxylation is 1. The van der Waals surface area contributed by atoms with E-state index in [0.717, 1.165) is 23.2 Å². The molecule has 3 aromatic rings. The SMILES string of the molecule is CCCOc1ccc(NC(=O)C(=O)N/N=C\c2ccc(OCC(=O)Nc3cccc(C)c3C)c(OC)c2)cc1. The maximum atomic E-state index is 12.4. The summed E-state index contributed by atoms with van der Waals surface area (Å²) in [5.41, 5.74) is 6.00. The van der Waals surface area contributed by atoms with Crippen molar-refractivity contribution in [1.82, 2.24) is 5.43 Å². The second-order valence-electron chi connectivity index (χ2n) is 8.52. The van der Waals surface area contributed by atoms with Crippen molar-refractivity contribution in [2.24, 2.45) is 5.10 Å². The van der Waals surface area contributed by atoms with Gasteiger partial charge in [-0.2, -0.15) is 5.10 Å². The number of benzene rings is 3. The Hall–Kier alpha value is -4.86. The van der Waals surface area contributed by atoms with E-state index in [0.29, 0.717) is 35.1 Å². The second-order valence-corrected chi connectivity index (χ2v) is 8.52. The third-order valence-corrected chi connectivity index (χ3v) is 5.60. The molecule has 0 spiro atoms. The van der Waals surface area contributed by atoms with Gasteiger partial charge in [0.25, 0.3) is 5.91 Å². The van der Waals surface area contributed by atoms with Crippen LogP contribution in [0.1, 0.15) is 30.0 Å². The van der Waals surface area contributed by atoms with Gasteiger partial charge in [-0.05, 0) is 85.5 Å². The zero-order valence-electron chi connectivity index (χ0n) is 22.4. The van der Waals surface area contributed by atoms with Crippen LogP contribution in [0.3, 0.4) is 0 Å². The van der Waals surface area contributed by atoms with Crippen molar-refractivity contribution in [3.63, 3.8) is 0 Å². The van der Waals surface area contributed by atoms with Gasteiger partial charge in [0.05, 0.1) is 19.9 Å². The van der Waals surface area contributed by atoms with Crippen molar-refractivity contribution < 1.29 is 28.6 Å². The van der Waals surface area contributed by atoms with E-state index in [4.69, 9.17) is 14.2 Å². The summed E-state index contributed by atoms with van der Waals surface area (Å²) in [6.45, 7) is 6.30. The lowest BCUT2D eigenvalue weighted by Crippen LogP contribution is -2.32. The highest BCUT2D eigenvalue weighted by molar-refractivity contribution is 6.39. The molecule has 0 atom stereocenters. The number of ether oxygens (including phenoxy) is 3. The third-order valence-electron chi connectivity index (χ3n) is 5.60. The van der Waals surface area contributed by atoms with Crippen molar-refractivity contribution in [2.45, 2.75) is 27.2 Å². The van der Waals surface area contributed by atoms with Gasteiger partial charge in [0.2, 0.25) is 0 Å². The molecule has 0 bridgehead atoms. The minimum Gasteiger partial charge on any atom is -0.494 e. The second kappa shape index (κ2) is 14.2. The number of hydrazone groups is 1. The van der Waals surface area contributed by atoms with Crippen molar-refractivity contribution >= 4 is 35.3 Å². The first-order valence-electron chi connectivity index (χ1n) is 12.3. The van der Waals surface area contributed by atoms with Crippen LogP contribution in [0, 0.1) is 13.8 Å². The van der Waals surface area contributed by atoms with Gasteiger partial charge in [0, 0.05) is 11.4 Å². The highest BCUT2D eigenvalue weighted by atomic mass is 16.5. The summed E-state index contributed by atoms with van der Waals surface area (Å²) in [7, 11) is 1.47. The summed E-state index contributed by atoms with van der Waals surface area (Å²) in [4.78, 5) is 36.6. The normalized spacial score (nSPS) is 10.6. The highest BCUT2D eigenvalue weighted by Crippen LogP contribution is 2.27. The molecule has 204 valence electrons. The van der Waals surface area contributed by atoms with Gasteiger partial charge in [-0.1, -0.05) is 19.1 Å². The van der Waals surface area contributed by atoms with Crippen LogP contribution < -0.4 is 30.3 Å². The molecule has 0 saturated carbocycles. The van der Waals surface area contributed by atoms with Crippen LogP contribution in [0.25, 0.3) is 0 Å². The van der Waals surface area contributed by atoms with Crippen molar-refractivity contribution in [1.29, 1.82) is 0 Å². The Morgan fingerprint density at radius 2 is 1.67 bits per heavy atom. The minimum absolute atomic E-state index is 0.211. The Morgan fingerprint density at radius 3 is 2.38 bits per heavy atom. The van der Waals surface area contributed by atoms with Gasteiger partial charge in [-0.3, -0.25) is 14.4 Å². The number of amides is 3. The maximum Gasteiger partial charge on any atom is 0.329 e. The number of anilines is 2. The zero-order chi connectivity index (χ0) is 28.2. The van der Waals surface area contributed by atoms with Crippen LogP contribution in [-0.4, -0.2) is 44.3 Å². The first kappa shape index (κ1) is 28.7. The number of nitrogens with zero attached hydrogens (tertiary/aromatic N) is 1. The molecule has 0 aliphatic carbocycles. The Balaban J connectivity index is 1.50. The lowest BCUT2D eigenvalue weighted by Gasteiger charge is -2.13. The smallest absolute Gasteiger partial charge is 0.329 e. The van der Waals surface area contributed by atoms with Crippen LogP contribution in [0.2, 0.25) is 0 Å². The van der Waals surface area contributed by atoms with E-state index in [2.05, 4.69) is 21.2 Å². The molecule has 0 aliphatic rings. The van der Waals surface area contributed by atoms with Crippen LogP contribution in [0.5, 0.6) is 17.2 Å². The Labute approximate surface area is 227 Å². The summed E-state index contributed by atoms with van der Waals surface area (Å²) in [6.07, 6.45) is 2.24. The highest BCUT2D eigenvalue weighted by Gasteiger charge is 2.13. The Bertz CT molecular complexity index is 1340. The number of carbonyl (C=O) groups excluding carboxylic acids is 3. The van der Waals surface area contributed by atoms with E-state index in [9.17, 15) is 14.4 Å². The molecule has 0 aromatic heterocycles. The number of hydrogen-bond acceptors (Lipinski definition) is 7. The lowest BCUT2D eigenvalue weighted by molar-refractivity contribution is -0.136. The monoisotopic (exact) mass is 532 g/mol. The number of nitrogens with one attached hydrogen (secondary N) is 3. The van der Waals surface area contributed by atoms with Gasteiger partial charge in [0.15, 0.2) is 18.1 Å². The quantitative estimate of drug-likeness (QED) is 0.193. The van der Waals surface area contributed by atoms with Crippen LogP contribution in [-0.2, 0) is 14.4 Å². The van der Waals surface area contributed by atoms with Gasteiger partial charge >= 0.3 is 11.8 Å². The minimum atomic E-state index is -0.931. The van der Waals surface area contributed by atoms with E-state index in [1.165, 1.54) is 13.3 Å². The maximum absolute atomic E-state index is 12.4. The van der Waals surface area contributed by atoms with Crippen LogP contribution in [0.15, 0.2) is 65.8 Å². The van der Waals surface area contributed by atoms with E-state index >= 15 is 0 Å². The molecule has 10 nitrogen and oxygen atoms in total. The predicted molar refractivity (Wildman–Crippen MR) is 150 cm³/mol. The van der Waals surface area contributed by atoms with Gasteiger partial charge in [0.1, 0.15) is 5.75 Å². The van der Waals surface area contributed by atoms with Crippen LogP contribution in [0.4, 0.5) is 11.4 Å². The lowest BCUT2D eigenvalue weighted by atomic mass is 10.1. The molecule has 0 heterocycles. The molecule has 3 aromatic carbocycles. The van der Waals surface area contributed by atoms with Crippen molar-refractivity contribution in [3.05, 3.63) is 77.4 Å². The molecule has 3 N–H and O–H groups in total.